The molecule has 1 heterocycles. The number of ether oxygens (including phenoxy) is 1. The van der Waals surface area contributed by atoms with Crippen LogP contribution in [0.4, 0.5) is 16.2 Å². The molecule has 0 aromatic heterocycles. The van der Waals surface area contributed by atoms with Gasteiger partial charge in [0.25, 0.3) is 0 Å². The number of anilines is 2. The molecule has 2 amide bonds. The molecule has 1 aromatic carbocycles. The van der Waals surface area contributed by atoms with Crippen LogP contribution in [0, 0.1) is 0 Å². The molecule has 110 valence electrons. The lowest BCUT2D eigenvalue weighted by molar-refractivity contribution is 0.00925. The maximum absolute atomic E-state index is 11.2. The summed E-state index contributed by atoms with van der Waals surface area (Å²) in [6.07, 6.45) is 3.52. The summed E-state index contributed by atoms with van der Waals surface area (Å²) in [7, 11) is 1.60. The van der Waals surface area contributed by atoms with E-state index in [1.807, 2.05) is 24.3 Å². The van der Waals surface area contributed by atoms with E-state index >= 15 is 0 Å². The van der Waals surface area contributed by atoms with E-state index in [4.69, 9.17) is 4.74 Å². The van der Waals surface area contributed by atoms with Gasteiger partial charge in [-0.1, -0.05) is 6.92 Å². The quantitative estimate of drug-likeness (QED) is 0.793. The average Bonchev–Trinajstić information content (AvgIpc) is 2.49. The lowest BCUT2D eigenvalue weighted by atomic mass is 10.0. The van der Waals surface area contributed by atoms with Gasteiger partial charge in [0.15, 0.2) is 0 Å². The van der Waals surface area contributed by atoms with E-state index < -0.39 is 0 Å². The molecule has 20 heavy (non-hydrogen) atoms. The van der Waals surface area contributed by atoms with Gasteiger partial charge < -0.3 is 20.7 Å². The van der Waals surface area contributed by atoms with Crippen molar-refractivity contribution in [3.05, 3.63) is 24.3 Å². The van der Waals surface area contributed by atoms with Gasteiger partial charge in [0.1, 0.15) is 0 Å². The Labute approximate surface area is 120 Å². The van der Waals surface area contributed by atoms with Crippen LogP contribution in [0.5, 0.6) is 0 Å². The first kappa shape index (κ1) is 14.7. The smallest absolute Gasteiger partial charge is 0.318 e. The van der Waals surface area contributed by atoms with Crippen molar-refractivity contribution < 1.29 is 9.53 Å². The molecule has 1 aromatic rings. The van der Waals surface area contributed by atoms with Crippen molar-refractivity contribution >= 4 is 17.4 Å². The average molecular weight is 277 g/mol. The van der Waals surface area contributed by atoms with E-state index in [1.165, 1.54) is 0 Å². The van der Waals surface area contributed by atoms with Crippen molar-refractivity contribution in [3.63, 3.8) is 0 Å². The number of hydrogen-bond acceptors (Lipinski definition) is 3. The van der Waals surface area contributed by atoms with Crippen LogP contribution >= 0.6 is 0 Å². The van der Waals surface area contributed by atoms with Gasteiger partial charge in [-0.3, -0.25) is 0 Å². The van der Waals surface area contributed by atoms with Gasteiger partial charge in [-0.05, 0) is 43.5 Å². The predicted octanol–water partition coefficient (Wildman–Crippen LogP) is 2.81. The number of carbonyl (C=O) groups is 1. The molecule has 5 heteroatoms. The third-order valence-electron chi connectivity index (χ3n) is 3.56. The van der Waals surface area contributed by atoms with E-state index in [0.717, 1.165) is 37.2 Å². The zero-order chi connectivity index (χ0) is 14.4. The summed E-state index contributed by atoms with van der Waals surface area (Å²) in [5.74, 6) is 0. The second kappa shape index (κ2) is 7.14. The number of urea groups is 1. The molecular formula is C15H23N3O2. The van der Waals surface area contributed by atoms with Crippen LogP contribution in [0.25, 0.3) is 0 Å². The minimum absolute atomic E-state index is 0.207. The van der Waals surface area contributed by atoms with Crippen LogP contribution < -0.4 is 16.0 Å². The molecule has 1 aliphatic heterocycles. The van der Waals surface area contributed by atoms with E-state index in [-0.39, 0.29) is 6.03 Å². The van der Waals surface area contributed by atoms with E-state index in [0.29, 0.717) is 12.1 Å². The van der Waals surface area contributed by atoms with Crippen molar-refractivity contribution in [1.82, 2.24) is 5.32 Å². The maximum atomic E-state index is 11.2. The Balaban J connectivity index is 1.88. The van der Waals surface area contributed by atoms with Crippen LogP contribution in [0.15, 0.2) is 24.3 Å². The van der Waals surface area contributed by atoms with Crippen LogP contribution in [-0.4, -0.2) is 31.8 Å². The Morgan fingerprint density at radius 3 is 2.65 bits per heavy atom. The second-order valence-corrected chi connectivity index (χ2v) is 5.05. The van der Waals surface area contributed by atoms with Gasteiger partial charge in [-0.2, -0.15) is 0 Å². The minimum Gasteiger partial charge on any atom is -0.382 e. The Bertz CT molecular complexity index is 433. The normalized spacial score (nSPS) is 22.1. The standard InChI is InChI=1S/C15H23N3O2/c1-3-14-10-13(8-9-20-14)17-11-4-6-12(7-5-11)18-15(19)16-2/h4-7,13-14,17H,3,8-10H2,1-2H3,(H2,16,18,19). The monoisotopic (exact) mass is 277 g/mol. The Morgan fingerprint density at radius 1 is 1.30 bits per heavy atom. The van der Waals surface area contributed by atoms with E-state index in [1.54, 1.807) is 7.05 Å². The molecule has 0 radical (unpaired) electrons. The van der Waals surface area contributed by atoms with Crippen LogP contribution in [0.1, 0.15) is 26.2 Å². The predicted molar refractivity (Wildman–Crippen MR) is 81.2 cm³/mol. The van der Waals surface area contributed by atoms with Gasteiger partial charge in [0.05, 0.1) is 6.10 Å². The fourth-order valence-electron chi connectivity index (χ4n) is 2.37. The molecule has 2 rings (SSSR count). The number of rotatable bonds is 4. The summed E-state index contributed by atoms with van der Waals surface area (Å²) >= 11 is 0. The van der Waals surface area contributed by atoms with Crippen LogP contribution in [0.3, 0.4) is 0 Å². The maximum Gasteiger partial charge on any atom is 0.318 e. The van der Waals surface area contributed by atoms with Crippen molar-refractivity contribution in [3.8, 4) is 0 Å². The highest BCUT2D eigenvalue weighted by Crippen LogP contribution is 2.21. The first-order chi connectivity index (χ1) is 9.71. The van der Waals surface area contributed by atoms with Gasteiger partial charge in [-0.15, -0.1) is 0 Å². The molecule has 1 aliphatic rings. The number of nitrogens with one attached hydrogen (secondary N) is 3. The number of carbonyl (C=O) groups excluding carboxylic acids is 1. The highest BCUT2D eigenvalue weighted by Gasteiger charge is 2.20. The Morgan fingerprint density at radius 2 is 2.00 bits per heavy atom. The topological polar surface area (TPSA) is 62.4 Å². The first-order valence-corrected chi connectivity index (χ1v) is 7.18. The van der Waals surface area contributed by atoms with Crippen molar-refractivity contribution in [2.45, 2.75) is 38.3 Å². The molecule has 3 N–H and O–H groups in total. The molecular weight excluding hydrogens is 254 g/mol. The molecule has 0 bridgehead atoms. The summed E-state index contributed by atoms with van der Waals surface area (Å²) < 4.78 is 5.68. The highest BCUT2D eigenvalue weighted by atomic mass is 16.5. The van der Waals surface area contributed by atoms with Gasteiger partial charge in [-0.25, -0.2) is 4.79 Å². The first-order valence-electron chi connectivity index (χ1n) is 7.18. The number of benzene rings is 1. The van der Waals surface area contributed by atoms with Crippen LogP contribution in [-0.2, 0) is 4.74 Å². The Kier molecular flexibility index (Phi) is 5.24. The SMILES string of the molecule is CCC1CC(Nc2ccc(NC(=O)NC)cc2)CCO1. The minimum atomic E-state index is -0.207. The summed E-state index contributed by atoms with van der Waals surface area (Å²) in [5, 5.41) is 8.80. The van der Waals surface area contributed by atoms with Gasteiger partial charge in [0, 0.05) is 31.1 Å². The molecule has 0 spiro atoms. The molecule has 5 nitrogen and oxygen atoms in total. The van der Waals surface area contributed by atoms with Crippen LogP contribution in [0.2, 0.25) is 0 Å². The van der Waals surface area contributed by atoms with Crippen molar-refractivity contribution in [2.75, 3.05) is 24.3 Å². The summed E-state index contributed by atoms with van der Waals surface area (Å²) in [5.41, 5.74) is 1.86. The summed E-state index contributed by atoms with van der Waals surface area (Å²) in [4.78, 5) is 11.2. The summed E-state index contributed by atoms with van der Waals surface area (Å²) in [6, 6.07) is 8.03. The van der Waals surface area contributed by atoms with E-state index in [9.17, 15) is 4.79 Å². The fraction of sp³-hybridized carbons (Fsp3) is 0.533. The molecule has 2 unspecified atom stereocenters. The highest BCUT2D eigenvalue weighted by molar-refractivity contribution is 5.89. The lowest BCUT2D eigenvalue weighted by Crippen LogP contribution is -2.33. The zero-order valence-electron chi connectivity index (χ0n) is 12.1. The van der Waals surface area contributed by atoms with E-state index in [2.05, 4.69) is 22.9 Å². The molecule has 0 aliphatic carbocycles. The second-order valence-electron chi connectivity index (χ2n) is 5.05. The molecule has 2 atom stereocenters. The molecule has 1 fully saturated rings. The molecule has 0 saturated carbocycles. The summed E-state index contributed by atoms with van der Waals surface area (Å²) in [6.45, 7) is 2.98. The van der Waals surface area contributed by atoms with Crippen molar-refractivity contribution in [1.29, 1.82) is 0 Å². The third-order valence-corrected chi connectivity index (χ3v) is 3.56. The fourth-order valence-corrected chi connectivity index (χ4v) is 2.37. The third kappa shape index (κ3) is 4.13. The zero-order valence-corrected chi connectivity index (χ0v) is 12.1. The number of amides is 2. The lowest BCUT2D eigenvalue weighted by Gasteiger charge is -2.30. The molecule has 1 saturated heterocycles. The van der Waals surface area contributed by atoms with Crippen molar-refractivity contribution in [2.24, 2.45) is 0 Å². The largest absolute Gasteiger partial charge is 0.382 e. The van der Waals surface area contributed by atoms with Gasteiger partial charge >= 0.3 is 6.03 Å². The number of hydrogen-bond donors (Lipinski definition) is 3. The van der Waals surface area contributed by atoms with Gasteiger partial charge in [0.2, 0.25) is 0 Å². The Hall–Kier alpha value is -1.75.